The molecule has 0 spiro atoms. The van der Waals surface area contributed by atoms with E-state index in [0.717, 1.165) is 134 Å². The summed E-state index contributed by atoms with van der Waals surface area (Å²) in [5.74, 6) is -4.33. The van der Waals surface area contributed by atoms with E-state index in [2.05, 4.69) is 142 Å². The van der Waals surface area contributed by atoms with Crippen molar-refractivity contribution >= 4 is 52.7 Å². The Balaban J connectivity index is 0.000000192. The number of amides is 3. The van der Waals surface area contributed by atoms with Gasteiger partial charge in [-0.1, -0.05) is 166 Å². The highest BCUT2D eigenvalue weighted by atomic mass is 16.4. The van der Waals surface area contributed by atoms with Gasteiger partial charge in [-0.3, -0.25) is 24.0 Å². The molecule has 6 aromatic carbocycles. The van der Waals surface area contributed by atoms with E-state index in [1.165, 1.54) is 16.7 Å². The second-order valence-corrected chi connectivity index (χ2v) is 22.8. The molecule has 88 heavy (non-hydrogen) atoms. The SMILES string of the molecule is CCC(=O)N(c1ccccc1)C1CCN(CCc2ccccc2)CC1.CCC(=O)N(c1ccccc1)C1CCN(CCc2ccccc2)CC1.CCC(=O)N(c1ccccc1)C1CCN(CCc2ccccc2)CC1.O=C(O)CC(O)(CC(=O)O)C(=O)O. The Hall–Kier alpha value is -8.02. The van der Waals surface area contributed by atoms with E-state index in [1.54, 1.807) is 0 Å². The molecule has 6 aromatic rings. The summed E-state index contributed by atoms with van der Waals surface area (Å²) in [6.07, 6.45) is 8.99. The number of aliphatic hydroxyl groups is 1. The molecule has 3 fully saturated rings. The van der Waals surface area contributed by atoms with Crippen LogP contribution < -0.4 is 14.7 Å². The maximum absolute atomic E-state index is 12.5. The number of rotatable bonds is 23. The number of carboxylic acid groups (broad SMARTS) is 3. The topological polar surface area (TPSA) is 203 Å². The fourth-order valence-electron chi connectivity index (χ4n) is 11.7. The second-order valence-electron chi connectivity index (χ2n) is 22.8. The van der Waals surface area contributed by atoms with Crippen LogP contribution in [0.15, 0.2) is 182 Å². The van der Waals surface area contributed by atoms with E-state index >= 15 is 0 Å². The van der Waals surface area contributed by atoms with E-state index in [9.17, 15) is 28.8 Å². The highest BCUT2D eigenvalue weighted by Crippen LogP contribution is 2.28. The van der Waals surface area contributed by atoms with Crippen molar-refractivity contribution in [1.29, 1.82) is 0 Å². The first-order valence-corrected chi connectivity index (χ1v) is 31.4. The van der Waals surface area contributed by atoms with Crippen LogP contribution in [0.1, 0.15) is 108 Å². The monoisotopic (exact) mass is 1200 g/mol. The van der Waals surface area contributed by atoms with E-state index in [0.29, 0.717) is 37.4 Å². The molecule has 470 valence electrons. The van der Waals surface area contributed by atoms with Crippen LogP contribution in [0.3, 0.4) is 0 Å². The number of aliphatic carboxylic acids is 3. The van der Waals surface area contributed by atoms with Crippen LogP contribution in [0.5, 0.6) is 0 Å². The third kappa shape index (κ3) is 22.6. The van der Waals surface area contributed by atoms with E-state index in [1.807, 2.05) is 90.1 Å². The van der Waals surface area contributed by atoms with Gasteiger partial charge in [-0.2, -0.15) is 0 Å². The normalized spacial score (nSPS) is 15.1. The number of carbonyl (C=O) groups excluding carboxylic acids is 3. The lowest BCUT2D eigenvalue weighted by Gasteiger charge is -2.38. The van der Waals surface area contributed by atoms with Crippen molar-refractivity contribution in [2.75, 3.05) is 73.6 Å². The number of benzene rings is 6. The van der Waals surface area contributed by atoms with Gasteiger partial charge in [0.05, 0.1) is 12.8 Å². The molecule has 0 unspecified atom stereocenters. The molecule has 3 aliphatic rings. The molecule has 0 atom stereocenters. The maximum atomic E-state index is 12.5. The van der Waals surface area contributed by atoms with Gasteiger partial charge in [0.1, 0.15) is 0 Å². The average Bonchev–Trinajstić information content (AvgIpc) is 3.25. The van der Waals surface area contributed by atoms with Crippen LogP contribution in [0.2, 0.25) is 0 Å². The molecule has 0 aliphatic carbocycles. The standard InChI is InChI=1S/3C22H28N2O.C6H8O7/c3*1-2-22(25)24(20-11-7-4-8-12-20)21-14-17-23(18-15-21)16-13-19-9-5-3-6-10-19;7-3(8)1-6(13,5(11)12)2-4(9)10/h3*3-12,21H,2,13-18H2,1H3;13H,1-2H2,(H,7,8)(H,9,10)(H,11,12). The van der Waals surface area contributed by atoms with Gasteiger partial charge in [0.2, 0.25) is 17.7 Å². The van der Waals surface area contributed by atoms with Crippen molar-refractivity contribution in [3.63, 3.8) is 0 Å². The fraction of sp³-hybridized carbons (Fsp3) is 0.417. The lowest BCUT2D eigenvalue weighted by molar-refractivity contribution is -0.170. The molecule has 3 heterocycles. The molecule has 3 aliphatic heterocycles. The Kier molecular flexibility index (Phi) is 29.0. The van der Waals surface area contributed by atoms with Crippen molar-refractivity contribution in [2.45, 2.75) is 134 Å². The second kappa shape index (κ2) is 37.0. The molecule has 4 N–H and O–H groups in total. The summed E-state index contributed by atoms with van der Waals surface area (Å²) in [6, 6.07) is 63.4. The summed E-state index contributed by atoms with van der Waals surface area (Å²) < 4.78 is 0. The summed E-state index contributed by atoms with van der Waals surface area (Å²) >= 11 is 0. The number of carbonyl (C=O) groups is 6. The van der Waals surface area contributed by atoms with Gasteiger partial charge in [-0.05, 0) is 111 Å². The highest BCUT2D eigenvalue weighted by Gasteiger charge is 2.41. The summed E-state index contributed by atoms with van der Waals surface area (Å²) in [6.45, 7) is 15.6. The predicted octanol–water partition coefficient (Wildman–Crippen LogP) is 11.2. The Bertz CT molecular complexity index is 2690. The molecule has 16 nitrogen and oxygen atoms in total. The van der Waals surface area contributed by atoms with Crippen LogP contribution in [-0.4, -0.2) is 153 Å². The van der Waals surface area contributed by atoms with Crippen molar-refractivity contribution < 1.29 is 49.2 Å². The number of hydrogen-bond acceptors (Lipinski definition) is 10. The van der Waals surface area contributed by atoms with Gasteiger partial charge in [0.25, 0.3) is 0 Å². The largest absolute Gasteiger partial charge is 0.481 e. The zero-order valence-electron chi connectivity index (χ0n) is 51.7. The molecular weight excluding hydrogens is 1110 g/mol. The molecule has 16 heteroatoms. The molecule has 0 bridgehead atoms. The summed E-state index contributed by atoms with van der Waals surface area (Å²) in [4.78, 5) is 81.7. The quantitative estimate of drug-likeness (QED) is 0.0472. The molecular formula is C72H92N6O10. The van der Waals surface area contributed by atoms with Gasteiger partial charge in [-0.15, -0.1) is 0 Å². The minimum Gasteiger partial charge on any atom is -0.481 e. The molecule has 0 radical (unpaired) electrons. The minimum atomic E-state index is -2.74. The Morgan fingerprint density at radius 3 is 0.784 bits per heavy atom. The highest BCUT2D eigenvalue weighted by molar-refractivity contribution is 5.95. The van der Waals surface area contributed by atoms with Crippen molar-refractivity contribution in [2.24, 2.45) is 0 Å². The lowest BCUT2D eigenvalue weighted by Crippen LogP contribution is -2.47. The zero-order chi connectivity index (χ0) is 63.1. The lowest BCUT2D eigenvalue weighted by atomic mass is 9.96. The first-order chi connectivity index (χ1) is 42.6. The van der Waals surface area contributed by atoms with Crippen molar-refractivity contribution in [1.82, 2.24) is 14.7 Å². The maximum Gasteiger partial charge on any atom is 0.336 e. The van der Waals surface area contributed by atoms with E-state index in [4.69, 9.17) is 20.4 Å². The number of para-hydroxylation sites is 3. The molecule has 3 saturated heterocycles. The smallest absolute Gasteiger partial charge is 0.336 e. The third-order valence-corrected chi connectivity index (χ3v) is 16.5. The van der Waals surface area contributed by atoms with E-state index < -0.39 is 36.4 Å². The van der Waals surface area contributed by atoms with Gasteiger partial charge in [0.15, 0.2) is 5.60 Å². The van der Waals surface area contributed by atoms with Crippen LogP contribution in [0, 0.1) is 0 Å². The third-order valence-electron chi connectivity index (χ3n) is 16.5. The van der Waals surface area contributed by atoms with Crippen LogP contribution in [0.25, 0.3) is 0 Å². The van der Waals surface area contributed by atoms with Gasteiger partial charge in [0, 0.05) is 113 Å². The van der Waals surface area contributed by atoms with Crippen molar-refractivity contribution in [3.05, 3.63) is 199 Å². The van der Waals surface area contributed by atoms with Gasteiger partial charge in [-0.25, -0.2) is 4.79 Å². The van der Waals surface area contributed by atoms with Crippen LogP contribution in [-0.2, 0) is 48.0 Å². The fourth-order valence-corrected chi connectivity index (χ4v) is 11.7. The number of nitrogens with zero attached hydrogens (tertiary/aromatic N) is 6. The summed E-state index contributed by atoms with van der Waals surface area (Å²) in [5.41, 5.74) is 4.58. The summed E-state index contributed by atoms with van der Waals surface area (Å²) in [5, 5.41) is 33.8. The molecule has 3 amide bonds. The van der Waals surface area contributed by atoms with Crippen LogP contribution in [0.4, 0.5) is 17.1 Å². The number of likely N-dealkylation sites (tertiary alicyclic amines) is 3. The van der Waals surface area contributed by atoms with Gasteiger partial charge >= 0.3 is 17.9 Å². The van der Waals surface area contributed by atoms with Crippen LogP contribution >= 0.6 is 0 Å². The molecule has 9 rings (SSSR count). The molecule has 0 aromatic heterocycles. The minimum absolute atomic E-state index is 0.230. The van der Waals surface area contributed by atoms with Crippen molar-refractivity contribution in [3.8, 4) is 0 Å². The summed E-state index contributed by atoms with van der Waals surface area (Å²) in [7, 11) is 0. The number of carboxylic acids is 3. The Labute approximate surface area is 521 Å². The first-order valence-electron chi connectivity index (χ1n) is 31.4. The molecule has 0 saturated carbocycles. The first kappa shape index (κ1) is 69.1. The number of anilines is 3. The number of hydrogen-bond donors (Lipinski definition) is 4. The number of piperidine rings is 3. The average molecular weight is 1200 g/mol. The Morgan fingerprint density at radius 1 is 0.375 bits per heavy atom. The Morgan fingerprint density at radius 2 is 0.591 bits per heavy atom. The zero-order valence-corrected chi connectivity index (χ0v) is 51.7. The van der Waals surface area contributed by atoms with E-state index in [-0.39, 0.29) is 17.7 Å². The predicted molar refractivity (Wildman–Crippen MR) is 349 cm³/mol. The van der Waals surface area contributed by atoms with Gasteiger partial charge < -0.3 is 49.8 Å².